The lowest BCUT2D eigenvalue weighted by Gasteiger charge is -2.12. The number of anilines is 4. The van der Waals surface area contributed by atoms with Crippen molar-refractivity contribution in [3.05, 3.63) is 95.1 Å². The molecule has 4 rings (SSSR count). The van der Waals surface area contributed by atoms with Crippen LogP contribution in [0.3, 0.4) is 0 Å². The van der Waals surface area contributed by atoms with Gasteiger partial charge in [-0.2, -0.15) is 20.2 Å². The van der Waals surface area contributed by atoms with Crippen LogP contribution in [0.25, 0.3) is 0 Å². The van der Waals surface area contributed by atoms with Gasteiger partial charge in [-0.05, 0) is 74.7 Å². The van der Waals surface area contributed by atoms with E-state index in [9.17, 15) is 16.8 Å². The van der Waals surface area contributed by atoms with Crippen LogP contribution in [0.4, 0.5) is 23.3 Å². The van der Waals surface area contributed by atoms with E-state index in [0.29, 0.717) is 29.0 Å². The zero-order valence-corrected chi connectivity index (χ0v) is 26.3. The summed E-state index contributed by atoms with van der Waals surface area (Å²) in [5, 5.41) is 12.1. The normalized spacial score (nSPS) is 12.6. The Bertz CT molecular complexity index is 1810. The quantitative estimate of drug-likeness (QED) is 0.158. The van der Waals surface area contributed by atoms with Crippen molar-refractivity contribution in [1.82, 2.24) is 9.97 Å². The van der Waals surface area contributed by atoms with Crippen molar-refractivity contribution < 1.29 is 16.8 Å². The molecule has 0 atom stereocenters. The number of nitrogens with zero attached hydrogens (tertiary/aromatic N) is 4. The molecule has 0 aliphatic carbocycles. The van der Waals surface area contributed by atoms with Crippen molar-refractivity contribution in [2.24, 2.45) is 10.2 Å². The zero-order valence-electron chi connectivity index (χ0n) is 24.7. The maximum atomic E-state index is 11.8. The molecule has 0 amide bonds. The second-order valence-electron chi connectivity index (χ2n) is 10.1. The van der Waals surface area contributed by atoms with Gasteiger partial charge in [0.1, 0.15) is 0 Å². The van der Waals surface area contributed by atoms with Gasteiger partial charge < -0.3 is 5.32 Å². The summed E-state index contributed by atoms with van der Waals surface area (Å²) in [4.78, 5) is 9.57. The standard InChI is InChI=1S/C30H33N7O4S2/c1-19-7-16-27(20(2)17-19)31-30-32-28(36-34-21(3)23-8-12-25(13-9-23)42(5,38)39)18-29(33-30)37-35-22(4)24-10-14-26(15-11-24)43(6,40)41/h7-18H,1-6H3,(H3,31,32,33,36,37). The molecule has 4 aromatic rings. The minimum Gasteiger partial charge on any atom is -0.324 e. The van der Waals surface area contributed by atoms with E-state index in [1.54, 1.807) is 44.2 Å². The number of sulfone groups is 2. The van der Waals surface area contributed by atoms with Gasteiger partial charge in [0.15, 0.2) is 31.3 Å². The van der Waals surface area contributed by atoms with Crippen LogP contribution >= 0.6 is 0 Å². The van der Waals surface area contributed by atoms with Gasteiger partial charge in [0.2, 0.25) is 5.95 Å². The fraction of sp³-hybridized carbons (Fsp3) is 0.200. The zero-order chi connectivity index (χ0) is 31.4. The SMILES string of the molecule is CC(=NNc1cc(NN=C(C)c2ccc(S(C)(=O)=O)cc2)nc(Nc2ccc(C)cc2C)n1)c1ccc(S(C)(=O)=O)cc1. The topological polar surface area (TPSA) is 155 Å². The molecule has 3 aromatic carbocycles. The van der Waals surface area contributed by atoms with Gasteiger partial charge in [-0.15, -0.1) is 0 Å². The highest BCUT2D eigenvalue weighted by Crippen LogP contribution is 2.23. The van der Waals surface area contributed by atoms with Gasteiger partial charge in [-0.1, -0.05) is 42.0 Å². The molecule has 0 aliphatic heterocycles. The second-order valence-corrected chi connectivity index (χ2v) is 14.1. The van der Waals surface area contributed by atoms with Crippen LogP contribution in [0, 0.1) is 13.8 Å². The fourth-order valence-corrected chi connectivity index (χ4v) is 5.25. The van der Waals surface area contributed by atoms with Gasteiger partial charge in [0.25, 0.3) is 0 Å². The number of aromatic nitrogens is 2. The van der Waals surface area contributed by atoms with Gasteiger partial charge in [0.05, 0.1) is 21.2 Å². The van der Waals surface area contributed by atoms with E-state index in [4.69, 9.17) is 0 Å². The van der Waals surface area contributed by atoms with Gasteiger partial charge in [0, 0.05) is 24.3 Å². The molecule has 3 N–H and O–H groups in total. The molecule has 13 heteroatoms. The average molecular weight is 620 g/mol. The maximum Gasteiger partial charge on any atom is 0.231 e. The summed E-state index contributed by atoms with van der Waals surface area (Å²) in [5.41, 5.74) is 11.6. The van der Waals surface area contributed by atoms with Crippen LogP contribution in [0.1, 0.15) is 36.1 Å². The summed E-state index contributed by atoms with van der Waals surface area (Å²) in [5.74, 6) is 1.06. The van der Waals surface area contributed by atoms with Gasteiger partial charge >= 0.3 is 0 Å². The third-order valence-electron chi connectivity index (χ3n) is 6.43. The first-order chi connectivity index (χ1) is 20.2. The summed E-state index contributed by atoms with van der Waals surface area (Å²) in [6.45, 7) is 7.59. The lowest BCUT2D eigenvalue weighted by atomic mass is 10.1. The molecular weight excluding hydrogens is 587 g/mol. The van der Waals surface area contributed by atoms with Crippen LogP contribution in [0.15, 0.2) is 92.8 Å². The van der Waals surface area contributed by atoms with Gasteiger partial charge in [-0.25, -0.2) is 16.8 Å². The number of hydrogen-bond acceptors (Lipinski definition) is 11. The molecule has 1 heterocycles. The Kier molecular flexibility index (Phi) is 9.26. The molecular formula is C30H33N7O4S2. The first kappa shape index (κ1) is 31.3. The van der Waals surface area contributed by atoms with E-state index < -0.39 is 19.7 Å². The lowest BCUT2D eigenvalue weighted by molar-refractivity contribution is 0.600. The minimum atomic E-state index is -3.30. The lowest BCUT2D eigenvalue weighted by Crippen LogP contribution is -2.07. The summed E-state index contributed by atoms with van der Waals surface area (Å²) in [7, 11) is -6.60. The van der Waals surface area contributed by atoms with Crippen LogP contribution in [0.5, 0.6) is 0 Å². The predicted molar refractivity (Wildman–Crippen MR) is 172 cm³/mol. The smallest absolute Gasteiger partial charge is 0.231 e. The first-order valence-electron chi connectivity index (χ1n) is 13.1. The van der Waals surface area contributed by atoms with E-state index in [-0.39, 0.29) is 9.79 Å². The molecule has 1 aromatic heterocycles. The molecule has 0 fully saturated rings. The van der Waals surface area contributed by atoms with Gasteiger partial charge in [-0.3, -0.25) is 10.9 Å². The molecule has 0 aliphatic rings. The Morgan fingerprint density at radius 1 is 0.651 bits per heavy atom. The third-order valence-corrected chi connectivity index (χ3v) is 8.69. The molecule has 0 radical (unpaired) electrons. The number of rotatable bonds is 10. The van der Waals surface area contributed by atoms with Crippen LogP contribution < -0.4 is 16.2 Å². The van der Waals surface area contributed by atoms with E-state index in [1.807, 2.05) is 26.0 Å². The van der Waals surface area contributed by atoms with Crippen LogP contribution in [-0.4, -0.2) is 50.7 Å². The number of hydrogen-bond donors (Lipinski definition) is 3. The summed E-state index contributed by atoms with van der Waals surface area (Å²) in [6, 6.07) is 20.6. The fourth-order valence-electron chi connectivity index (χ4n) is 3.99. The van der Waals surface area contributed by atoms with Crippen LogP contribution in [0.2, 0.25) is 0 Å². The summed E-state index contributed by atoms with van der Waals surface area (Å²) >= 11 is 0. The predicted octanol–water partition coefficient (Wildman–Crippen LogP) is 5.32. The highest BCUT2D eigenvalue weighted by atomic mass is 32.2. The molecule has 0 saturated heterocycles. The molecule has 0 unspecified atom stereocenters. The van der Waals surface area contributed by atoms with Crippen molar-refractivity contribution in [2.45, 2.75) is 37.5 Å². The highest BCUT2D eigenvalue weighted by Gasteiger charge is 2.10. The van der Waals surface area contributed by atoms with Crippen molar-refractivity contribution in [3.63, 3.8) is 0 Å². The Morgan fingerprint density at radius 3 is 1.49 bits per heavy atom. The molecule has 0 spiro atoms. The molecule has 11 nitrogen and oxygen atoms in total. The third kappa shape index (κ3) is 8.46. The Balaban J connectivity index is 1.61. The molecule has 224 valence electrons. The second kappa shape index (κ2) is 12.7. The maximum absolute atomic E-state index is 11.8. The van der Waals surface area contributed by atoms with Crippen molar-refractivity contribution in [3.8, 4) is 0 Å². The number of hydrazone groups is 2. The van der Waals surface area contributed by atoms with Crippen molar-refractivity contribution in [2.75, 3.05) is 28.7 Å². The van der Waals surface area contributed by atoms with E-state index in [1.165, 1.54) is 24.3 Å². The monoisotopic (exact) mass is 619 g/mol. The van der Waals surface area contributed by atoms with E-state index in [0.717, 1.165) is 40.5 Å². The number of nitrogens with one attached hydrogen (secondary N) is 3. The molecule has 0 saturated carbocycles. The number of aryl methyl sites for hydroxylation is 2. The summed E-state index contributed by atoms with van der Waals surface area (Å²) in [6.07, 6.45) is 2.32. The van der Waals surface area contributed by atoms with Crippen molar-refractivity contribution >= 4 is 54.4 Å². The Morgan fingerprint density at radius 2 is 1.09 bits per heavy atom. The number of benzene rings is 3. The van der Waals surface area contributed by atoms with Crippen LogP contribution in [-0.2, 0) is 19.7 Å². The largest absolute Gasteiger partial charge is 0.324 e. The van der Waals surface area contributed by atoms with E-state index >= 15 is 0 Å². The molecule has 43 heavy (non-hydrogen) atoms. The Hall–Kier alpha value is -4.62. The highest BCUT2D eigenvalue weighted by molar-refractivity contribution is 7.91. The Labute approximate surface area is 252 Å². The van der Waals surface area contributed by atoms with Crippen molar-refractivity contribution in [1.29, 1.82) is 0 Å². The summed E-state index contributed by atoms with van der Waals surface area (Å²) < 4.78 is 47.1. The minimum absolute atomic E-state index is 0.229. The van der Waals surface area contributed by atoms with E-state index in [2.05, 4.69) is 42.4 Å². The average Bonchev–Trinajstić information content (AvgIpc) is 2.95. The first-order valence-corrected chi connectivity index (χ1v) is 16.9. The molecule has 0 bridgehead atoms.